The first-order valence-corrected chi connectivity index (χ1v) is 14.5. The fourth-order valence-corrected chi connectivity index (χ4v) is 5.38. The van der Waals surface area contributed by atoms with E-state index in [1.54, 1.807) is 0 Å². The van der Waals surface area contributed by atoms with Crippen LogP contribution in [0.1, 0.15) is 118 Å². The van der Waals surface area contributed by atoms with Gasteiger partial charge in [0, 0.05) is 0 Å². The van der Waals surface area contributed by atoms with E-state index in [0.717, 1.165) is 48.2 Å². The van der Waals surface area contributed by atoms with Crippen LogP contribution in [0.3, 0.4) is 0 Å². The Labute approximate surface area is 235 Å². The Kier molecular flexibility index (Phi) is 31.0. The lowest BCUT2D eigenvalue weighted by atomic mass is 10.0. The van der Waals surface area contributed by atoms with Crippen molar-refractivity contribution in [3.8, 4) is 0 Å². The van der Waals surface area contributed by atoms with Gasteiger partial charge >= 0.3 is 0 Å². The van der Waals surface area contributed by atoms with Gasteiger partial charge in [0.2, 0.25) is 0 Å². The van der Waals surface area contributed by atoms with Crippen LogP contribution in [0.2, 0.25) is 0 Å². The quantitative estimate of drug-likeness (QED) is 0.113. The second-order valence-electron chi connectivity index (χ2n) is 10.2. The maximum absolute atomic E-state index is 9.33. The van der Waals surface area contributed by atoms with E-state index in [-0.39, 0.29) is 34.0 Å². The maximum atomic E-state index is 9.33. The van der Waals surface area contributed by atoms with Gasteiger partial charge in [-0.05, 0) is 53.4 Å². The zero-order valence-corrected chi connectivity index (χ0v) is 26.7. The number of unbranched alkanes of at least 4 members (excludes halogenated alkanes) is 13. The Bertz CT molecular complexity index is 357. The lowest BCUT2D eigenvalue weighted by molar-refractivity contribution is -0.925. The lowest BCUT2D eigenvalue weighted by Gasteiger charge is -2.36. The third-order valence-corrected chi connectivity index (χ3v) is 8.35. The summed E-state index contributed by atoms with van der Waals surface area (Å²) in [5, 5.41) is 18.7. The van der Waals surface area contributed by atoms with E-state index >= 15 is 0 Å². The van der Waals surface area contributed by atoms with Crippen molar-refractivity contribution in [2.75, 3.05) is 65.6 Å². The predicted octanol–water partition coefficient (Wildman–Crippen LogP) is 0.154. The Hall–Kier alpha value is 0.800. The number of rotatable bonds is 25. The Morgan fingerprint density at radius 2 is 0.559 bits per heavy atom. The summed E-state index contributed by atoms with van der Waals surface area (Å²) in [6.45, 7) is 18.7. The third kappa shape index (κ3) is 19.0. The molecule has 0 aromatic heterocycles. The van der Waals surface area contributed by atoms with E-state index in [4.69, 9.17) is 0 Å². The average molecular weight is 619 g/mol. The summed E-state index contributed by atoms with van der Waals surface area (Å²) in [4.78, 5) is 0. The molecule has 0 aromatic rings. The number of likely N-dealkylation sites (N-methyl/N-ethyl adjacent to an activating group) is 2. The molecule has 6 heteroatoms. The van der Waals surface area contributed by atoms with Gasteiger partial charge in [-0.1, -0.05) is 64.2 Å². The summed E-state index contributed by atoms with van der Waals surface area (Å²) < 4.78 is 2.19. The van der Waals surface area contributed by atoms with Crippen molar-refractivity contribution >= 4 is 0 Å². The molecule has 0 aromatic carbocycles. The van der Waals surface area contributed by atoms with E-state index in [1.807, 2.05) is 0 Å². The zero-order chi connectivity index (χ0) is 24.0. The van der Waals surface area contributed by atoms with Crippen LogP contribution in [-0.4, -0.2) is 84.8 Å². The molecular formula is C28H62Br2N2O2. The normalized spacial score (nSPS) is 11.8. The van der Waals surface area contributed by atoms with Gasteiger partial charge in [0.05, 0.1) is 52.5 Å². The Morgan fingerprint density at radius 1 is 0.353 bits per heavy atom. The standard InChI is InChI=1S/C28H62N2O2.2BrH/c1-5-29(6-2,25-27-31)23-21-19-17-15-13-11-9-10-12-14-16-18-20-22-24-30(7-3,8-4)26-28-32;;/h31-32H,5-28H2,1-4H3;2*1H/q+2;;/p-2. The molecule has 2 N–H and O–H groups in total. The fourth-order valence-electron chi connectivity index (χ4n) is 5.38. The topological polar surface area (TPSA) is 40.5 Å². The molecule has 0 aliphatic rings. The first kappa shape index (κ1) is 39.3. The van der Waals surface area contributed by atoms with Gasteiger partial charge in [-0.2, -0.15) is 0 Å². The van der Waals surface area contributed by atoms with Gasteiger partial charge < -0.3 is 53.1 Å². The van der Waals surface area contributed by atoms with Crippen LogP contribution in [0.4, 0.5) is 0 Å². The van der Waals surface area contributed by atoms with Gasteiger partial charge in [0.1, 0.15) is 13.1 Å². The van der Waals surface area contributed by atoms with Crippen LogP contribution >= 0.6 is 0 Å². The van der Waals surface area contributed by atoms with Crippen molar-refractivity contribution in [3.05, 3.63) is 0 Å². The molecule has 0 rings (SSSR count). The molecule has 0 atom stereocenters. The number of aliphatic hydroxyl groups excluding tert-OH is 2. The predicted molar refractivity (Wildman–Crippen MR) is 141 cm³/mol. The highest BCUT2D eigenvalue weighted by Gasteiger charge is 2.22. The summed E-state index contributed by atoms with van der Waals surface area (Å²) in [5.41, 5.74) is 0. The van der Waals surface area contributed by atoms with Crippen molar-refractivity contribution in [2.24, 2.45) is 0 Å². The maximum Gasteiger partial charge on any atom is 0.102 e. The number of quaternary nitrogens is 2. The lowest BCUT2D eigenvalue weighted by Crippen LogP contribution is -3.00. The van der Waals surface area contributed by atoms with E-state index in [1.165, 1.54) is 103 Å². The zero-order valence-electron chi connectivity index (χ0n) is 23.5. The second kappa shape index (κ2) is 26.9. The van der Waals surface area contributed by atoms with Gasteiger partial charge in [0.15, 0.2) is 0 Å². The van der Waals surface area contributed by atoms with Crippen LogP contribution in [-0.2, 0) is 0 Å². The van der Waals surface area contributed by atoms with E-state index < -0.39 is 0 Å². The molecule has 210 valence electrons. The van der Waals surface area contributed by atoms with Gasteiger partial charge in [0.25, 0.3) is 0 Å². The molecule has 0 saturated heterocycles. The van der Waals surface area contributed by atoms with Crippen LogP contribution < -0.4 is 34.0 Å². The van der Waals surface area contributed by atoms with Crippen LogP contribution in [0.5, 0.6) is 0 Å². The first-order valence-electron chi connectivity index (χ1n) is 14.5. The number of hydrogen-bond donors (Lipinski definition) is 2. The number of hydrogen-bond acceptors (Lipinski definition) is 2. The Morgan fingerprint density at radius 3 is 0.735 bits per heavy atom. The molecular weight excluding hydrogens is 556 g/mol. The molecule has 0 unspecified atom stereocenters. The Balaban J connectivity index is -0.00000480. The molecule has 0 aliphatic carbocycles. The SMILES string of the molecule is CC[N+](CC)(CCO)CCCCCCCCCCCCCCCC[N+](CC)(CC)CCO.[Br-].[Br-]. The van der Waals surface area contributed by atoms with E-state index in [0.29, 0.717) is 13.2 Å². The van der Waals surface area contributed by atoms with Crippen molar-refractivity contribution in [3.63, 3.8) is 0 Å². The highest BCUT2D eigenvalue weighted by molar-refractivity contribution is 4.51. The molecule has 0 bridgehead atoms. The molecule has 4 nitrogen and oxygen atoms in total. The highest BCUT2D eigenvalue weighted by Crippen LogP contribution is 2.15. The molecule has 0 spiro atoms. The largest absolute Gasteiger partial charge is 1.00 e. The van der Waals surface area contributed by atoms with Gasteiger partial charge in [-0.3, -0.25) is 0 Å². The molecule has 0 saturated carbocycles. The monoisotopic (exact) mass is 616 g/mol. The van der Waals surface area contributed by atoms with Gasteiger partial charge in [-0.15, -0.1) is 0 Å². The second-order valence-corrected chi connectivity index (χ2v) is 10.2. The minimum Gasteiger partial charge on any atom is -1.00 e. The molecule has 34 heavy (non-hydrogen) atoms. The van der Waals surface area contributed by atoms with Crippen molar-refractivity contribution in [1.82, 2.24) is 0 Å². The molecule has 0 heterocycles. The van der Waals surface area contributed by atoms with Crippen molar-refractivity contribution in [1.29, 1.82) is 0 Å². The minimum absolute atomic E-state index is 0. The molecule has 0 radical (unpaired) electrons. The van der Waals surface area contributed by atoms with E-state index in [9.17, 15) is 10.2 Å². The highest BCUT2D eigenvalue weighted by atomic mass is 79.9. The molecule has 0 amide bonds. The summed E-state index contributed by atoms with van der Waals surface area (Å²) in [5.74, 6) is 0. The van der Waals surface area contributed by atoms with E-state index in [2.05, 4.69) is 27.7 Å². The number of nitrogens with zero attached hydrogens (tertiary/aromatic N) is 2. The summed E-state index contributed by atoms with van der Waals surface area (Å²) in [7, 11) is 0. The number of halogens is 2. The van der Waals surface area contributed by atoms with Crippen molar-refractivity contribution < 1.29 is 53.1 Å². The molecule has 0 aliphatic heterocycles. The number of aliphatic hydroxyl groups is 2. The van der Waals surface area contributed by atoms with Gasteiger partial charge in [-0.25, -0.2) is 0 Å². The minimum atomic E-state index is 0. The van der Waals surface area contributed by atoms with Crippen LogP contribution in [0, 0.1) is 0 Å². The average Bonchev–Trinajstić information content (AvgIpc) is 2.82. The molecule has 0 fully saturated rings. The van der Waals surface area contributed by atoms with Crippen LogP contribution in [0.25, 0.3) is 0 Å². The summed E-state index contributed by atoms with van der Waals surface area (Å²) in [6.07, 6.45) is 19.5. The summed E-state index contributed by atoms with van der Waals surface area (Å²) >= 11 is 0. The smallest absolute Gasteiger partial charge is 0.102 e. The first-order chi connectivity index (χ1) is 15.6. The fraction of sp³-hybridized carbons (Fsp3) is 1.00. The summed E-state index contributed by atoms with van der Waals surface area (Å²) in [6, 6.07) is 0. The van der Waals surface area contributed by atoms with Crippen molar-refractivity contribution in [2.45, 2.75) is 118 Å². The van der Waals surface area contributed by atoms with Crippen LogP contribution in [0.15, 0.2) is 0 Å². The third-order valence-electron chi connectivity index (χ3n) is 8.35.